The first kappa shape index (κ1) is 14.8. The molecule has 0 amide bonds. The van der Waals surface area contributed by atoms with Crippen LogP contribution in [-0.2, 0) is 0 Å². The van der Waals surface area contributed by atoms with Crippen LogP contribution in [0.1, 0.15) is 52.4 Å². The van der Waals surface area contributed by atoms with Crippen molar-refractivity contribution in [1.29, 1.82) is 0 Å². The molecule has 0 bridgehead atoms. The molecule has 102 valence electrons. The van der Waals surface area contributed by atoms with E-state index in [0.717, 1.165) is 31.0 Å². The summed E-state index contributed by atoms with van der Waals surface area (Å²) in [7, 11) is 0. The number of ether oxygens (including phenoxy) is 1. The van der Waals surface area contributed by atoms with Crippen LogP contribution in [0.5, 0.6) is 5.75 Å². The Morgan fingerprint density at radius 2 is 1.83 bits per heavy atom. The van der Waals surface area contributed by atoms with Gasteiger partial charge in [0.1, 0.15) is 5.75 Å². The monoisotopic (exact) mass is 250 g/mol. The summed E-state index contributed by atoms with van der Waals surface area (Å²) in [5.41, 5.74) is 1.03. The fourth-order valence-corrected chi connectivity index (χ4v) is 1.87. The molecule has 1 aromatic rings. The molecule has 0 fully saturated rings. The lowest BCUT2D eigenvalue weighted by molar-refractivity contribution is 0.303. The van der Waals surface area contributed by atoms with E-state index < -0.39 is 0 Å². The fraction of sp³-hybridized carbons (Fsp3) is 0.667. The van der Waals surface area contributed by atoms with Crippen molar-refractivity contribution in [3.05, 3.63) is 18.5 Å². The molecule has 1 rings (SSSR count). The van der Waals surface area contributed by atoms with Gasteiger partial charge in [0, 0.05) is 12.6 Å². The van der Waals surface area contributed by atoms with Gasteiger partial charge in [0.05, 0.1) is 24.7 Å². The van der Waals surface area contributed by atoms with Gasteiger partial charge >= 0.3 is 0 Å². The van der Waals surface area contributed by atoms with Crippen LogP contribution >= 0.6 is 0 Å². The first-order chi connectivity index (χ1) is 8.86. The zero-order valence-corrected chi connectivity index (χ0v) is 11.7. The average molecular weight is 250 g/mol. The minimum absolute atomic E-state index is 0.795. The molecule has 0 aromatic carbocycles. The molecule has 0 aliphatic rings. The number of aromatic nitrogens is 1. The molecule has 1 aromatic heterocycles. The summed E-state index contributed by atoms with van der Waals surface area (Å²) in [6.07, 6.45) is 11.3. The summed E-state index contributed by atoms with van der Waals surface area (Å²) in [5.74, 6) is 0.863. The van der Waals surface area contributed by atoms with Crippen LogP contribution in [0.4, 0.5) is 5.69 Å². The highest BCUT2D eigenvalue weighted by molar-refractivity contribution is 5.44. The van der Waals surface area contributed by atoms with Gasteiger partial charge in [-0.3, -0.25) is 4.98 Å². The second-order valence-electron chi connectivity index (χ2n) is 4.56. The molecule has 18 heavy (non-hydrogen) atoms. The Kier molecular flexibility index (Phi) is 8.02. The summed E-state index contributed by atoms with van der Waals surface area (Å²) < 4.78 is 5.70. The van der Waals surface area contributed by atoms with Crippen molar-refractivity contribution in [1.82, 2.24) is 4.98 Å². The predicted octanol–water partition coefficient (Wildman–Crippen LogP) is 4.25. The van der Waals surface area contributed by atoms with Gasteiger partial charge in [-0.25, -0.2) is 0 Å². The largest absolute Gasteiger partial charge is 0.492 e. The van der Waals surface area contributed by atoms with Crippen molar-refractivity contribution in [3.63, 3.8) is 0 Å². The van der Waals surface area contributed by atoms with Gasteiger partial charge in [-0.15, -0.1) is 0 Å². The van der Waals surface area contributed by atoms with E-state index in [2.05, 4.69) is 24.1 Å². The molecule has 3 nitrogen and oxygen atoms in total. The van der Waals surface area contributed by atoms with E-state index in [1.807, 2.05) is 12.3 Å². The summed E-state index contributed by atoms with van der Waals surface area (Å²) in [5, 5.41) is 3.23. The van der Waals surface area contributed by atoms with Gasteiger partial charge in [0.15, 0.2) is 0 Å². The van der Waals surface area contributed by atoms with Gasteiger partial charge in [-0.2, -0.15) is 0 Å². The topological polar surface area (TPSA) is 34.1 Å². The standard InChI is InChI=1S/C15H26N2O/c1-3-5-6-7-8-9-10-18-15-11-14(17-4-2)12-16-13-15/h11-13,17H,3-10H2,1-2H3. The maximum Gasteiger partial charge on any atom is 0.139 e. The van der Waals surface area contributed by atoms with Crippen molar-refractivity contribution < 1.29 is 4.74 Å². The molecule has 0 saturated heterocycles. The Balaban J connectivity index is 2.13. The van der Waals surface area contributed by atoms with Crippen LogP contribution in [-0.4, -0.2) is 18.1 Å². The van der Waals surface area contributed by atoms with Gasteiger partial charge < -0.3 is 10.1 Å². The van der Waals surface area contributed by atoms with Crippen molar-refractivity contribution in [3.8, 4) is 5.75 Å². The zero-order chi connectivity index (χ0) is 13.1. The average Bonchev–Trinajstić information content (AvgIpc) is 2.39. The number of pyridine rings is 1. The lowest BCUT2D eigenvalue weighted by atomic mass is 10.1. The molecule has 0 atom stereocenters. The Bertz CT molecular complexity index is 315. The van der Waals surface area contributed by atoms with E-state index in [1.54, 1.807) is 6.20 Å². The first-order valence-electron chi connectivity index (χ1n) is 7.18. The number of unbranched alkanes of at least 4 members (excludes halogenated alkanes) is 5. The third kappa shape index (κ3) is 6.48. The Morgan fingerprint density at radius 3 is 2.61 bits per heavy atom. The minimum atomic E-state index is 0.795. The molecule has 0 aliphatic carbocycles. The number of anilines is 1. The Hall–Kier alpha value is -1.25. The molecule has 0 saturated carbocycles. The molecular weight excluding hydrogens is 224 g/mol. The van der Waals surface area contributed by atoms with Gasteiger partial charge in [-0.05, 0) is 13.3 Å². The van der Waals surface area contributed by atoms with Crippen LogP contribution in [0.25, 0.3) is 0 Å². The third-order valence-electron chi connectivity index (χ3n) is 2.86. The number of nitrogens with zero attached hydrogens (tertiary/aromatic N) is 1. The molecular formula is C15H26N2O. The molecule has 3 heteroatoms. The van der Waals surface area contributed by atoms with Crippen molar-refractivity contribution in [2.45, 2.75) is 52.4 Å². The number of hydrogen-bond donors (Lipinski definition) is 1. The second kappa shape index (κ2) is 9.75. The predicted molar refractivity (Wildman–Crippen MR) is 77.3 cm³/mol. The van der Waals surface area contributed by atoms with E-state index in [-0.39, 0.29) is 0 Å². The number of nitrogens with one attached hydrogen (secondary N) is 1. The lowest BCUT2D eigenvalue weighted by Crippen LogP contribution is -2.00. The first-order valence-corrected chi connectivity index (χ1v) is 7.18. The van der Waals surface area contributed by atoms with Crippen LogP contribution in [0, 0.1) is 0 Å². The van der Waals surface area contributed by atoms with E-state index in [0.29, 0.717) is 0 Å². The third-order valence-corrected chi connectivity index (χ3v) is 2.86. The SMILES string of the molecule is CCCCCCCCOc1cncc(NCC)c1. The van der Waals surface area contributed by atoms with E-state index in [9.17, 15) is 0 Å². The normalized spacial score (nSPS) is 10.3. The summed E-state index contributed by atoms with van der Waals surface area (Å²) >= 11 is 0. The highest BCUT2D eigenvalue weighted by Gasteiger charge is 1.97. The van der Waals surface area contributed by atoms with E-state index >= 15 is 0 Å². The maximum absolute atomic E-state index is 5.70. The van der Waals surface area contributed by atoms with Crippen molar-refractivity contribution in [2.24, 2.45) is 0 Å². The van der Waals surface area contributed by atoms with Gasteiger partial charge in [0.25, 0.3) is 0 Å². The van der Waals surface area contributed by atoms with Crippen molar-refractivity contribution >= 4 is 5.69 Å². The smallest absolute Gasteiger partial charge is 0.139 e. The second-order valence-corrected chi connectivity index (χ2v) is 4.56. The molecule has 0 radical (unpaired) electrons. The molecule has 1 N–H and O–H groups in total. The maximum atomic E-state index is 5.70. The Labute approximate surface area is 111 Å². The highest BCUT2D eigenvalue weighted by Crippen LogP contribution is 2.15. The van der Waals surface area contributed by atoms with Crippen LogP contribution in [0.2, 0.25) is 0 Å². The summed E-state index contributed by atoms with van der Waals surface area (Å²) in [6, 6.07) is 2.01. The van der Waals surface area contributed by atoms with Gasteiger partial charge in [0.2, 0.25) is 0 Å². The molecule has 0 spiro atoms. The summed E-state index contributed by atoms with van der Waals surface area (Å²) in [4.78, 5) is 4.16. The molecule has 0 unspecified atom stereocenters. The number of rotatable bonds is 10. The van der Waals surface area contributed by atoms with Crippen LogP contribution < -0.4 is 10.1 Å². The van der Waals surface area contributed by atoms with E-state index in [4.69, 9.17) is 4.74 Å². The summed E-state index contributed by atoms with van der Waals surface area (Å²) in [6.45, 7) is 6.02. The minimum Gasteiger partial charge on any atom is -0.492 e. The highest BCUT2D eigenvalue weighted by atomic mass is 16.5. The lowest BCUT2D eigenvalue weighted by Gasteiger charge is -2.08. The Morgan fingerprint density at radius 1 is 1.06 bits per heavy atom. The number of hydrogen-bond acceptors (Lipinski definition) is 3. The quantitative estimate of drug-likeness (QED) is 0.630. The van der Waals surface area contributed by atoms with Crippen LogP contribution in [0.3, 0.4) is 0 Å². The zero-order valence-electron chi connectivity index (χ0n) is 11.7. The molecule has 1 heterocycles. The van der Waals surface area contributed by atoms with Crippen LogP contribution in [0.15, 0.2) is 18.5 Å². The fourth-order valence-electron chi connectivity index (χ4n) is 1.87. The van der Waals surface area contributed by atoms with Crippen molar-refractivity contribution in [2.75, 3.05) is 18.5 Å². The molecule has 0 aliphatic heterocycles. The van der Waals surface area contributed by atoms with Gasteiger partial charge in [-0.1, -0.05) is 39.0 Å². The van der Waals surface area contributed by atoms with E-state index in [1.165, 1.54) is 32.1 Å².